The van der Waals surface area contributed by atoms with Gasteiger partial charge in [-0.2, -0.15) is 13.2 Å². The first-order valence-corrected chi connectivity index (χ1v) is 8.32. The summed E-state index contributed by atoms with van der Waals surface area (Å²) in [6.07, 6.45) is -2.18. The second-order valence-electron chi connectivity index (χ2n) is 7.72. The van der Waals surface area contributed by atoms with Crippen LogP contribution in [0.5, 0.6) is 0 Å². The minimum Gasteiger partial charge on any atom is -0.444 e. The standard InChI is InChI=1S/C17H22F3N3O2/c1-16(2,3)25-15(24)23-9-10-6-12(13(23)7-10)22-14-5-4-11(8-21-14)17(18,19)20/h4-5,8,10,12-13H,6-7,9H2,1-3H3,(H,21,22). The van der Waals surface area contributed by atoms with Crippen LogP contribution in [-0.4, -0.2) is 40.2 Å². The maximum atomic E-state index is 12.6. The van der Waals surface area contributed by atoms with Crippen molar-refractivity contribution < 1.29 is 22.7 Å². The molecule has 0 radical (unpaired) electrons. The Morgan fingerprint density at radius 1 is 1.28 bits per heavy atom. The summed E-state index contributed by atoms with van der Waals surface area (Å²) in [7, 11) is 0. The van der Waals surface area contributed by atoms with Crippen molar-refractivity contribution in [3.05, 3.63) is 23.9 Å². The molecule has 3 unspecified atom stereocenters. The van der Waals surface area contributed by atoms with Crippen LogP contribution in [0.3, 0.4) is 0 Å². The van der Waals surface area contributed by atoms with Crippen LogP contribution >= 0.6 is 0 Å². The summed E-state index contributed by atoms with van der Waals surface area (Å²) in [6.45, 7) is 6.13. The number of fused-ring (bicyclic) bond motifs is 2. The number of ether oxygens (including phenoxy) is 1. The summed E-state index contributed by atoms with van der Waals surface area (Å²) in [6, 6.07) is 2.28. The quantitative estimate of drug-likeness (QED) is 0.872. The van der Waals surface area contributed by atoms with E-state index in [9.17, 15) is 18.0 Å². The number of carbonyl (C=O) groups excluding carboxylic acids is 1. The number of rotatable bonds is 2. The fourth-order valence-electron chi connectivity index (χ4n) is 3.55. The molecule has 0 spiro atoms. The molecule has 1 aromatic rings. The van der Waals surface area contributed by atoms with Gasteiger partial charge >= 0.3 is 12.3 Å². The lowest BCUT2D eigenvalue weighted by molar-refractivity contribution is -0.137. The molecule has 3 atom stereocenters. The third kappa shape index (κ3) is 3.99. The summed E-state index contributed by atoms with van der Waals surface area (Å²) >= 11 is 0. The largest absolute Gasteiger partial charge is 0.444 e. The number of hydrogen-bond acceptors (Lipinski definition) is 4. The van der Waals surface area contributed by atoms with Crippen LogP contribution in [-0.2, 0) is 10.9 Å². The summed E-state index contributed by atoms with van der Waals surface area (Å²) in [5.74, 6) is 0.763. The first-order valence-electron chi connectivity index (χ1n) is 8.32. The highest BCUT2D eigenvalue weighted by atomic mass is 19.4. The fraction of sp³-hybridized carbons (Fsp3) is 0.647. The van der Waals surface area contributed by atoms with Gasteiger partial charge < -0.3 is 15.0 Å². The molecule has 0 aromatic carbocycles. The van der Waals surface area contributed by atoms with Gasteiger partial charge in [-0.25, -0.2) is 9.78 Å². The van der Waals surface area contributed by atoms with E-state index in [2.05, 4.69) is 10.3 Å². The van der Waals surface area contributed by atoms with Crippen LogP contribution in [0.4, 0.5) is 23.8 Å². The zero-order valence-electron chi connectivity index (χ0n) is 14.4. The van der Waals surface area contributed by atoms with Crippen molar-refractivity contribution >= 4 is 11.9 Å². The first kappa shape index (κ1) is 17.8. The van der Waals surface area contributed by atoms with E-state index in [1.807, 2.05) is 20.8 Å². The van der Waals surface area contributed by atoms with Crippen molar-refractivity contribution in [2.24, 2.45) is 5.92 Å². The third-order valence-electron chi connectivity index (χ3n) is 4.53. The number of hydrogen-bond donors (Lipinski definition) is 1. The highest BCUT2D eigenvalue weighted by molar-refractivity contribution is 5.69. The van der Waals surface area contributed by atoms with Crippen molar-refractivity contribution in [3.8, 4) is 0 Å². The Morgan fingerprint density at radius 3 is 2.52 bits per heavy atom. The highest BCUT2D eigenvalue weighted by Crippen LogP contribution is 2.40. The number of nitrogens with one attached hydrogen (secondary N) is 1. The summed E-state index contributed by atoms with van der Waals surface area (Å²) in [4.78, 5) is 17.9. The van der Waals surface area contributed by atoms with E-state index in [4.69, 9.17) is 4.74 Å². The maximum Gasteiger partial charge on any atom is 0.417 e. The predicted octanol–water partition coefficient (Wildman–Crippen LogP) is 3.91. The van der Waals surface area contributed by atoms with Gasteiger partial charge in [-0.3, -0.25) is 0 Å². The minimum absolute atomic E-state index is 0.0241. The van der Waals surface area contributed by atoms with Crippen LogP contribution in [0, 0.1) is 5.92 Å². The van der Waals surface area contributed by atoms with Crippen LogP contribution in [0.2, 0.25) is 0 Å². The highest BCUT2D eigenvalue weighted by Gasteiger charge is 2.48. The first-order chi connectivity index (χ1) is 11.5. The van der Waals surface area contributed by atoms with Gasteiger partial charge in [0, 0.05) is 18.8 Å². The molecule has 3 rings (SSSR count). The summed E-state index contributed by atoms with van der Waals surface area (Å²) < 4.78 is 43.3. The lowest BCUT2D eigenvalue weighted by Crippen LogP contribution is -2.49. The van der Waals surface area contributed by atoms with Gasteiger partial charge in [0.15, 0.2) is 0 Å². The molecule has 2 bridgehead atoms. The molecule has 2 aliphatic rings. The molecule has 1 saturated heterocycles. The van der Waals surface area contributed by atoms with E-state index in [-0.39, 0.29) is 18.2 Å². The minimum atomic E-state index is -4.40. The SMILES string of the molecule is CC(C)(C)OC(=O)N1CC2CC(Nc3ccc(C(F)(F)F)cn3)C1C2. The van der Waals surface area contributed by atoms with Crippen molar-refractivity contribution in [2.75, 3.05) is 11.9 Å². The van der Waals surface area contributed by atoms with E-state index in [1.165, 1.54) is 6.07 Å². The summed E-state index contributed by atoms with van der Waals surface area (Å²) in [5.41, 5.74) is -1.34. The van der Waals surface area contributed by atoms with Crippen molar-refractivity contribution in [2.45, 2.75) is 57.5 Å². The number of halogens is 3. The molecule has 8 heteroatoms. The zero-order chi connectivity index (χ0) is 18.4. The number of amides is 1. The number of pyridine rings is 1. The van der Waals surface area contributed by atoms with Gasteiger partial charge in [-0.1, -0.05) is 0 Å². The van der Waals surface area contributed by atoms with E-state index in [1.54, 1.807) is 4.90 Å². The average molecular weight is 357 g/mol. The van der Waals surface area contributed by atoms with Gasteiger partial charge in [-0.05, 0) is 51.7 Å². The smallest absolute Gasteiger partial charge is 0.417 e. The molecule has 2 fully saturated rings. The second-order valence-corrected chi connectivity index (χ2v) is 7.72. The maximum absolute atomic E-state index is 12.6. The Hall–Kier alpha value is -1.99. The van der Waals surface area contributed by atoms with Crippen LogP contribution < -0.4 is 5.32 Å². The molecule has 25 heavy (non-hydrogen) atoms. The summed E-state index contributed by atoms with van der Waals surface area (Å²) in [5, 5.41) is 3.17. The third-order valence-corrected chi connectivity index (χ3v) is 4.53. The van der Waals surface area contributed by atoms with Gasteiger partial charge in [0.1, 0.15) is 11.4 Å². The van der Waals surface area contributed by atoms with E-state index in [0.29, 0.717) is 18.3 Å². The molecule has 1 aliphatic heterocycles. The lowest BCUT2D eigenvalue weighted by Gasteiger charge is -2.35. The molecule has 2 heterocycles. The van der Waals surface area contributed by atoms with Gasteiger partial charge in [0.2, 0.25) is 0 Å². The Morgan fingerprint density at radius 2 is 2.00 bits per heavy atom. The van der Waals surface area contributed by atoms with E-state index >= 15 is 0 Å². The number of alkyl halides is 3. The Labute approximate surface area is 144 Å². The Bertz CT molecular complexity index is 640. The van der Waals surface area contributed by atoms with Crippen LogP contribution in [0.15, 0.2) is 18.3 Å². The monoisotopic (exact) mass is 357 g/mol. The number of anilines is 1. The lowest BCUT2D eigenvalue weighted by atomic mass is 10.1. The Kier molecular flexibility index (Phi) is 4.33. The molecular formula is C17H22F3N3O2. The van der Waals surface area contributed by atoms with E-state index in [0.717, 1.165) is 25.1 Å². The van der Waals surface area contributed by atoms with E-state index < -0.39 is 17.3 Å². The predicted molar refractivity (Wildman–Crippen MR) is 86.1 cm³/mol. The molecule has 1 aliphatic carbocycles. The number of carbonyl (C=O) groups is 1. The Balaban J connectivity index is 1.65. The molecule has 1 aromatic heterocycles. The normalized spacial score (nSPS) is 26.0. The molecule has 138 valence electrons. The van der Waals surface area contributed by atoms with Gasteiger partial charge in [-0.15, -0.1) is 0 Å². The van der Waals surface area contributed by atoms with Crippen LogP contribution in [0.1, 0.15) is 39.2 Å². The fourth-order valence-corrected chi connectivity index (χ4v) is 3.55. The van der Waals surface area contributed by atoms with Gasteiger partial charge in [0.25, 0.3) is 0 Å². The molecule has 5 nitrogen and oxygen atoms in total. The number of likely N-dealkylation sites (tertiary alicyclic amines) is 1. The molecule has 1 amide bonds. The number of nitrogens with zero attached hydrogens (tertiary/aromatic N) is 2. The zero-order valence-corrected chi connectivity index (χ0v) is 14.4. The van der Waals surface area contributed by atoms with Crippen molar-refractivity contribution in [1.29, 1.82) is 0 Å². The van der Waals surface area contributed by atoms with Gasteiger partial charge in [0.05, 0.1) is 11.6 Å². The number of piperidine rings is 1. The second kappa shape index (κ2) is 6.07. The average Bonchev–Trinajstić information content (AvgIpc) is 3.05. The topological polar surface area (TPSA) is 54.5 Å². The van der Waals surface area contributed by atoms with Crippen molar-refractivity contribution in [1.82, 2.24) is 9.88 Å². The number of aromatic nitrogens is 1. The molecule has 1 saturated carbocycles. The van der Waals surface area contributed by atoms with Crippen LogP contribution in [0.25, 0.3) is 0 Å². The molecule has 1 N–H and O–H groups in total. The molecular weight excluding hydrogens is 335 g/mol. The van der Waals surface area contributed by atoms with Crippen molar-refractivity contribution in [3.63, 3.8) is 0 Å².